The average Bonchev–Trinajstić information content (AvgIpc) is 1.04. The second-order valence-electron chi connectivity index (χ2n) is 32.4. The minimum Gasteiger partial charge on any atom is -0.440 e. The van der Waals surface area contributed by atoms with E-state index < -0.39 is 0 Å². The Labute approximate surface area is 726 Å². The van der Waals surface area contributed by atoms with E-state index >= 15 is 0 Å². The smallest absolute Gasteiger partial charge is 0.205 e. The monoisotopic (exact) mass is 1600 g/mol. The molecule has 0 fully saturated rings. The van der Waals surface area contributed by atoms with E-state index in [4.69, 9.17) is 14.4 Å². The minimum atomic E-state index is 0.817. The van der Waals surface area contributed by atoms with E-state index in [1.807, 2.05) is 12.4 Å². The van der Waals surface area contributed by atoms with Gasteiger partial charge in [-0.25, -0.2) is 0 Å². The molecule has 6 aromatic heterocycles. The summed E-state index contributed by atoms with van der Waals surface area (Å²) in [7, 11) is 0. The lowest BCUT2D eigenvalue weighted by Gasteiger charge is -2.18. The van der Waals surface area contributed by atoms with Gasteiger partial charge in [-0.15, -0.1) is 0 Å². The van der Waals surface area contributed by atoms with E-state index in [0.717, 1.165) is 56.6 Å². The first-order valence-corrected chi connectivity index (χ1v) is 43.1. The van der Waals surface area contributed by atoms with Crippen molar-refractivity contribution in [1.29, 1.82) is 0 Å². The standard InChI is InChI=1S/C43H28N2.C41H26N2.C36H23NO/c1-3-13-29(14-4-1)31-23-25-37-38(27-31)43(36-20-8-7-19-35(36)42(37)30-15-5-2-6-16-30)39-26-24-32(28-44-39)45-40-21-11-9-17-33(40)34-18-10-12-22-41(34)45;1-2-12-28-25-29(22-21-27(28)11-1)40-33-15-3-5-17-35(33)41(36-18-6-4-16-34(36)40)37-24-23-30(26-42-37)43-38-19-9-7-13-31(38)32-14-8-10-20-39(32)43;1-2-12-24(13-3-1)35-27-16-4-6-18-29(27)36(30-19-7-5-17-28(30)35)33-22-23-34(38-33)37-31-20-10-8-14-25(31)26-15-9-11-21-32(26)37/h1-28H;1-26H;1-23H. The third-order valence-corrected chi connectivity index (χ3v) is 25.5. The van der Waals surface area contributed by atoms with E-state index in [9.17, 15) is 0 Å². The van der Waals surface area contributed by atoms with Crippen molar-refractivity contribution in [3.63, 3.8) is 0 Å². The topological polar surface area (TPSA) is 53.7 Å². The summed E-state index contributed by atoms with van der Waals surface area (Å²) in [6.07, 6.45) is 4.05. The van der Waals surface area contributed by atoms with E-state index in [2.05, 4.69) is 469 Å². The Morgan fingerprint density at radius 2 is 0.460 bits per heavy atom. The van der Waals surface area contributed by atoms with E-state index in [1.165, 1.54) is 180 Å². The van der Waals surface area contributed by atoms with Gasteiger partial charge in [-0.3, -0.25) is 14.5 Å². The Kier molecular flexibility index (Phi) is 17.8. The highest BCUT2D eigenvalue weighted by molar-refractivity contribution is 6.25. The maximum atomic E-state index is 6.76. The van der Waals surface area contributed by atoms with Gasteiger partial charge < -0.3 is 13.6 Å². The number of para-hydroxylation sites is 6. The number of pyridine rings is 2. The second-order valence-corrected chi connectivity index (χ2v) is 32.4. The number of benzene rings is 20. The molecule has 6 nitrogen and oxygen atoms in total. The van der Waals surface area contributed by atoms with Crippen LogP contribution in [0.3, 0.4) is 0 Å². The first-order chi connectivity index (χ1) is 62.6. The van der Waals surface area contributed by atoms with E-state index in [-0.39, 0.29) is 0 Å². The Morgan fingerprint density at radius 1 is 0.167 bits per heavy atom. The van der Waals surface area contributed by atoms with Crippen LogP contribution in [-0.2, 0) is 0 Å². The van der Waals surface area contributed by atoms with Crippen molar-refractivity contribution in [3.05, 3.63) is 467 Å². The van der Waals surface area contributed by atoms with Crippen molar-refractivity contribution in [2.24, 2.45) is 0 Å². The molecule has 0 saturated carbocycles. The molecule has 0 spiro atoms. The van der Waals surface area contributed by atoms with Gasteiger partial charge in [0.25, 0.3) is 0 Å². The Hall–Kier alpha value is -16.8. The highest BCUT2D eigenvalue weighted by atomic mass is 16.4. The number of nitrogens with zero attached hydrogens (tertiary/aromatic N) is 5. The van der Waals surface area contributed by atoms with Crippen LogP contribution in [0.1, 0.15) is 0 Å². The number of furan rings is 1. The van der Waals surface area contributed by atoms with E-state index in [1.54, 1.807) is 0 Å². The number of aromatic nitrogens is 5. The summed E-state index contributed by atoms with van der Waals surface area (Å²) in [6.45, 7) is 0. The molecule has 0 unspecified atom stereocenters. The Bertz CT molecular complexity index is 8490. The van der Waals surface area contributed by atoms with Gasteiger partial charge in [0.2, 0.25) is 5.88 Å². The predicted molar refractivity (Wildman–Crippen MR) is 531 cm³/mol. The third kappa shape index (κ3) is 12.2. The van der Waals surface area contributed by atoms with Gasteiger partial charge in [0.1, 0.15) is 5.76 Å². The molecule has 0 saturated heterocycles. The lowest BCUT2D eigenvalue weighted by molar-refractivity contribution is 0.561. The van der Waals surface area contributed by atoms with E-state index in [0.29, 0.717) is 0 Å². The van der Waals surface area contributed by atoms with Crippen LogP contribution in [0.15, 0.2) is 472 Å². The summed E-state index contributed by atoms with van der Waals surface area (Å²) in [5.41, 5.74) is 24.4. The summed E-state index contributed by atoms with van der Waals surface area (Å²) < 4.78 is 13.6. The zero-order valence-corrected chi connectivity index (χ0v) is 68.6. The SMILES string of the molecule is c1ccc(-c2c3ccccc3c(-c3ccc(-n4c5ccccc5c5ccccc54)o3)c3ccccc23)cc1.c1ccc(-c2ccc3c(-c4ccccc4)c4ccccc4c(-c4ccc(-n5c6ccccc6c6ccccc65)cn4)c3c2)cc1.c1ccc2cc(-c3c4ccccc4c(-c4ccc(-n5c6ccccc6c6ccccc65)cn4)c4ccccc34)ccc2c1. The fraction of sp³-hybridized carbons (Fsp3) is 0. The van der Waals surface area contributed by atoms with Crippen LogP contribution in [-0.4, -0.2) is 23.7 Å². The maximum Gasteiger partial charge on any atom is 0.205 e. The molecule has 0 aliphatic rings. The second kappa shape index (κ2) is 30.7. The van der Waals surface area contributed by atoms with Gasteiger partial charge in [-0.1, -0.05) is 370 Å². The van der Waals surface area contributed by atoms with Crippen molar-refractivity contribution in [2.75, 3.05) is 0 Å². The lowest BCUT2D eigenvalue weighted by Crippen LogP contribution is -1.97. The zero-order chi connectivity index (χ0) is 83.1. The third-order valence-electron chi connectivity index (χ3n) is 25.5. The van der Waals surface area contributed by atoms with Crippen LogP contribution in [0.4, 0.5) is 0 Å². The van der Waals surface area contributed by atoms with Gasteiger partial charge in [0.15, 0.2) is 0 Å². The molecule has 26 rings (SSSR count). The highest BCUT2D eigenvalue weighted by Gasteiger charge is 2.25. The average molecular weight is 1600 g/mol. The van der Waals surface area contributed by atoms with Crippen molar-refractivity contribution in [2.45, 2.75) is 0 Å². The maximum absolute atomic E-state index is 6.76. The molecule has 26 aromatic rings. The molecule has 0 aliphatic carbocycles. The summed E-state index contributed by atoms with van der Waals surface area (Å²) in [5.74, 6) is 1.69. The molecule has 0 aliphatic heterocycles. The molecule has 0 amide bonds. The summed E-state index contributed by atoms with van der Waals surface area (Å²) in [4.78, 5) is 10.3. The molecule has 0 N–H and O–H groups in total. The van der Waals surface area contributed by atoms with Crippen molar-refractivity contribution >= 4 is 141 Å². The van der Waals surface area contributed by atoms with Crippen LogP contribution < -0.4 is 0 Å². The van der Waals surface area contributed by atoms with Crippen LogP contribution in [0, 0.1) is 0 Å². The van der Waals surface area contributed by atoms with Crippen molar-refractivity contribution in [1.82, 2.24) is 23.7 Å². The molecule has 0 bridgehead atoms. The molecular weight excluding hydrogens is 1530 g/mol. The molecular formula is C120H77N5O. The highest BCUT2D eigenvalue weighted by Crippen LogP contribution is 2.50. The van der Waals surface area contributed by atoms with Gasteiger partial charge in [-0.05, 0) is 199 Å². The summed E-state index contributed by atoms with van der Waals surface area (Å²) in [6, 6.07) is 163. The Balaban J connectivity index is 0.000000106. The fourth-order valence-corrected chi connectivity index (χ4v) is 20.0. The van der Waals surface area contributed by atoms with Crippen LogP contribution in [0.5, 0.6) is 0 Å². The molecule has 0 atom stereocenters. The van der Waals surface area contributed by atoms with Gasteiger partial charge in [-0.2, -0.15) is 0 Å². The fourth-order valence-electron chi connectivity index (χ4n) is 20.0. The van der Waals surface area contributed by atoms with Gasteiger partial charge >= 0.3 is 0 Å². The lowest BCUT2D eigenvalue weighted by atomic mass is 9.86. The molecule has 126 heavy (non-hydrogen) atoms. The zero-order valence-electron chi connectivity index (χ0n) is 68.6. The normalized spacial score (nSPS) is 11.7. The largest absolute Gasteiger partial charge is 0.440 e. The minimum absolute atomic E-state index is 0.817. The van der Waals surface area contributed by atoms with Crippen LogP contribution >= 0.6 is 0 Å². The first kappa shape index (κ1) is 73.1. The predicted octanol–water partition coefficient (Wildman–Crippen LogP) is 32.5. The molecule has 0 radical (unpaired) electrons. The van der Waals surface area contributed by atoms with Crippen LogP contribution in [0.2, 0.25) is 0 Å². The van der Waals surface area contributed by atoms with Gasteiger partial charge in [0.05, 0.1) is 68.3 Å². The number of hydrogen-bond acceptors (Lipinski definition) is 3. The quantitative estimate of drug-likeness (QED) is 0.128. The first-order valence-electron chi connectivity index (χ1n) is 43.1. The number of rotatable bonds is 10. The summed E-state index contributed by atoms with van der Waals surface area (Å²) >= 11 is 0. The number of fused-ring (bicyclic) bond motifs is 16. The molecule has 588 valence electrons. The van der Waals surface area contributed by atoms with Crippen LogP contribution in [0.25, 0.3) is 236 Å². The Morgan fingerprint density at radius 3 is 0.841 bits per heavy atom. The van der Waals surface area contributed by atoms with Gasteiger partial charge in [0, 0.05) is 55.1 Å². The molecule has 6 heteroatoms. The van der Waals surface area contributed by atoms with Crippen molar-refractivity contribution in [3.8, 4) is 95.6 Å². The molecule has 20 aromatic carbocycles. The number of hydrogen-bond donors (Lipinski definition) is 0. The van der Waals surface area contributed by atoms with Crippen molar-refractivity contribution < 1.29 is 4.42 Å². The summed E-state index contributed by atoms with van der Waals surface area (Å²) in [5, 5.41) is 24.5. The molecule has 6 heterocycles.